The molecule has 2 aliphatic rings. The summed E-state index contributed by atoms with van der Waals surface area (Å²) in [6.07, 6.45) is 4.38. The lowest BCUT2D eigenvalue weighted by atomic mass is 9.95. The van der Waals surface area contributed by atoms with Crippen LogP contribution in [0.2, 0.25) is 0 Å². The fourth-order valence-corrected chi connectivity index (χ4v) is 5.20. The van der Waals surface area contributed by atoms with E-state index in [-0.39, 0.29) is 17.9 Å². The van der Waals surface area contributed by atoms with Gasteiger partial charge in [-0.15, -0.1) is 0 Å². The molecule has 2 aromatic carbocycles. The van der Waals surface area contributed by atoms with E-state index < -0.39 is 6.04 Å². The molecule has 2 amide bonds. The van der Waals surface area contributed by atoms with Gasteiger partial charge in [0.05, 0.1) is 6.10 Å². The number of rotatable bonds is 6. The zero-order valence-corrected chi connectivity index (χ0v) is 19.3. The van der Waals surface area contributed by atoms with E-state index in [0.29, 0.717) is 24.6 Å². The Morgan fingerprint density at radius 1 is 1.03 bits per heavy atom. The predicted molar refractivity (Wildman–Crippen MR) is 131 cm³/mol. The van der Waals surface area contributed by atoms with Gasteiger partial charge in [-0.1, -0.05) is 36.4 Å². The minimum atomic E-state index is -0.724. The summed E-state index contributed by atoms with van der Waals surface area (Å²) in [5, 5.41) is 13.8. The van der Waals surface area contributed by atoms with Crippen molar-refractivity contribution in [2.24, 2.45) is 5.92 Å². The Labute approximate surface area is 199 Å². The molecule has 3 N–H and O–H groups in total. The summed E-state index contributed by atoms with van der Waals surface area (Å²) >= 11 is 0. The van der Waals surface area contributed by atoms with Crippen LogP contribution in [0.1, 0.15) is 41.2 Å². The number of fused-ring (bicyclic) bond motifs is 1. The van der Waals surface area contributed by atoms with Crippen molar-refractivity contribution in [3.05, 3.63) is 71.9 Å². The maximum absolute atomic E-state index is 13.6. The first-order chi connectivity index (χ1) is 16.6. The highest BCUT2D eigenvalue weighted by Gasteiger charge is 2.32. The number of hydrogen-bond acceptors (Lipinski definition) is 4. The lowest BCUT2D eigenvalue weighted by molar-refractivity contribution is -0.134. The van der Waals surface area contributed by atoms with Crippen molar-refractivity contribution in [2.45, 2.75) is 31.4 Å². The minimum Gasteiger partial charge on any atom is -0.392 e. The molecule has 0 spiro atoms. The third-order valence-electron chi connectivity index (χ3n) is 7.16. The van der Waals surface area contributed by atoms with Crippen LogP contribution in [0.4, 0.5) is 0 Å². The first-order valence-corrected chi connectivity index (χ1v) is 12.2. The van der Waals surface area contributed by atoms with Crippen molar-refractivity contribution in [2.75, 3.05) is 32.7 Å². The molecule has 2 saturated heterocycles. The van der Waals surface area contributed by atoms with E-state index in [2.05, 4.69) is 15.2 Å². The highest BCUT2D eigenvalue weighted by Crippen LogP contribution is 2.25. The molecule has 0 unspecified atom stereocenters. The third kappa shape index (κ3) is 5.00. The van der Waals surface area contributed by atoms with E-state index in [9.17, 15) is 14.7 Å². The summed E-state index contributed by atoms with van der Waals surface area (Å²) in [6, 6.07) is 16.2. The normalized spacial score (nSPS) is 20.5. The molecule has 7 nitrogen and oxygen atoms in total. The predicted octanol–water partition coefficient (Wildman–Crippen LogP) is 2.94. The topological polar surface area (TPSA) is 88.7 Å². The smallest absolute Gasteiger partial charge is 0.252 e. The van der Waals surface area contributed by atoms with Crippen LogP contribution in [0, 0.1) is 5.92 Å². The molecule has 2 aliphatic heterocycles. The fraction of sp³-hybridized carbons (Fsp3) is 0.407. The van der Waals surface area contributed by atoms with Gasteiger partial charge in [0.1, 0.15) is 6.04 Å². The van der Waals surface area contributed by atoms with Crippen molar-refractivity contribution in [1.82, 2.24) is 20.1 Å². The molecule has 2 atom stereocenters. The van der Waals surface area contributed by atoms with Gasteiger partial charge >= 0.3 is 0 Å². The maximum atomic E-state index is 13.6. The van der Waals surface area contributed by atoms with E-state index in [1.165, 1.54) is 0 Å². The van der Waals surface area contributed by atoms with Crippen LogP contribution in [0.15, 0.2) is 60.8 Å². The van der Waals surface area contributed by atoms with E-state index in [4.69, 9.17) is 0 Å². The second-order valence-corrected chi connectivity index (χ2v) is 9.57. The highest BCUT2D eigenvalue weighted by atomic mass is 16.3. The summed E-state index contributed by atoms with van der Waals surface area (Å²) in [7, 11) is 0. The molecular formula is C27H32N4O3. The largest absolute Gasteiger partial charge is 0.392 e. The number of nitrogens with zero attached hydrogens (tertiary/aromatic N) is 2. The van der Waals surface area contributed by atoms with Crippen molar-refractivity contribution in [1.29, 1.82) is 0 Å². The Kier molecular flexibility index (Phi) is 6.65. The second kappa shape index (κ2) is 9.99. The Bertz CT molecular complexity index is 1140. The summed E-state index contributed by atoms with van der Waals surface area (Å²) in [4.78, 5) is 34.1. The van der Waals surface area contributed by atoms with Gasteiger partial charge in [0, 0.05) is 50.0 Å². The molecule has 0 saturated carbocycles. The number of benzene rings is 2. The number of aliphatic hydroxyl groups excluding tert-OH is 1. The first kappa shape index (κ1) is 22.6. The summed E-state index contributed by atoms with van der Waals surface area (Å²) < 4.78 is 0. The van der Waals surface area contributed by atoms with Crippen LogP contribution in [0.25, 0.3) is 10.9 Å². The number of aromatic amines is 1. The summed E-state index contributed by atoms with van der Waals surface area (Å²) in [5.41, 5.74) is 2.20. The van der Waals surface area contributed by atoms with Crippen molar-refractivity contribution < 1.29 is 14.7 Å². The molecule has 0 aliphatic carbocycles. The molecule has 3 heterocycles. The Hall–Kier alpha value is -3.16. The molecule has 1 aromatic heterocycles. The number of likely N-dealkylation sites (tertiary alicyclic amines) is 2. The summed E-state index contributed by atoms with van der Waals surface area (Å²) in [6.45, 7) is 4.08. The summed E-state index contributed by atoms with van der Waals surface area (Å²) in [5.74, 6) is 0.211. The van der Waals surface area contributed by atoms with Gasteiger partial charge in [-0.25, -0.2) is 0 Å². The number of β-amino-alcohol motifs (C(OH)–C–C–N with tert-alkyl or cyclic N) is 1. The number of carbonyl (C=O) groups excluding carboxylic acids is 2. The maximum Gasteiger partial charge on any atom is 0.252 e. The van der Waals surface area contributed by atoms with Crippen molar-refractivity contribution in [3.8, 4) is 0 Å². The molecule has 3 aromatic rings. The molecule has 2 fully saturated rings. The van der Waals surface area contributed by atoms with Gasteiger partial charge in [0.25, 0.3) is 5.91 Å². The molecule has 34 heavy (non-hydrogen) atoms. The zero-order chi connectivity index (χ0) is 23.5. The SMILES string of the molecule is O=C(N[C@@H](C(=O)N1CCC(CN2CC[C@@H](O)C2)CC1)c1ccccc1)c1ccc2cc[nH]c2c1. The number of carbonyl (C=O) groups is 2. The molecular weight excluding hydrogens is 428 g/mol. The van der Waals surface area contributed by atoms with Gasteiger partial charge in [-0.3, -0.25) is 9.59 Å². The van der Waals surface area contributed by atoms with Crippen LogP contribution in [-0.2, 0) is 4.79 Å². The van der Waals surface area contributed by atoms with Gasteiger partial charge in [-0.2, -0.15) is 0 Å². The van der Waals surface area contributed by atoms with E-state index in [1.54, 1.807) is 6.07 Å². The van der Waals surface area contributed by atoms with Crippen LogP contribution in [0.5, 0.6) is 0 Å². The quantitative estimate of drug-likeness (QED) is 0.528. The lowest BCUT2D eigenvalue weighted by Crippen LogP contribution is -2.47. The first-order valence-electron chi connectivity index (χ1n) is 12.2. The van der Waals surface area contributed by atoms with Crippen LogP contribution in [0.3, 0.4) is 0 Å². The highest BCUT2D eigenvalue weighted by molar-refractivity contribution is 6.00. The number of aromatic nitrogens is 1. The van der Waals surface area contributed by atoms with Crippen molar-refractivity contribution in [3.63, 3.8) is 0 Å². The number of amides is 2. The number of hydrogen-bond donors (Lipinski definition) is 3. The van der Waals surface area contributed by atoms with E-state index in [1.807, 2.05) is 59.6 Å². The Morgan fingerprint density at radius 3 is 2.56 bits per heavy atom. The Morgan fingerprint density at radius 2 is 1.82 bits per heavy atom. The molecule has 5 rings (SSSR count). The fourth-order valence-electron chi connectivity index (χ4n) is 5.20. The van der Waals surface area contributed by atoms with Gasteiger partial charge in [-0.05, 0) is 54.3 Å². The monoisotopic (exact) mass is 460 g/mol. The minimum absolute atomic E-state index is 0.0597. The van der Waals surface area contributed by atoms with Gasteiger partial charge in [0.2, 0.25) is 5.91 Å². The van der Waals surface area contributed by atoms with Crippen LogP contribution >= 0.6 is 0 Å². The number of aliphatic hydroxyl groups is 1. The second-order valence-electron chi connectivity index (χ2n) is 9.57. The van der Waals surface area contributed by atoms with Gasteiger partial charge < -0.3 is 25.2 Å². The molecule has 0 radical (unpaired) electrons. The number of nitrogens with one attached hydrogen (secondary N) is 2. The van der Waals surface area contributed by atoms with Crippen LogP contribution in [-0.4, -0.2) is 70.5 Å². The zero-order valence-electron chi connectivity index (χ0n) is 19.3. The molecule has 178 valence electrons. The Balaban J connectivity index is 1.26. The third-order valence-corrected chi connectivity index (χ3v) is 7.16. The standard InChI is InChI=1S/C27H32N4O3/c32-23-11-13-30(18-23)17-19-9-14-31(15-10-19)27(34)25(21-4-2-1-3-5-21)29-26(33)22-7-6-20-8-12-28-24(20)16-22/h1-8,12,16,19,23,25,28,32H,9-11,13-15,17-18H2,(H,29,33)/t23-,25-/m1/s1. The lowest BCUT2D eigenvalue weighted by Gasteiger charge is -2.36. The van der Waals surface area contributed by atoms with E-state index >= 15 is 0 Å². The molecule has 7 heteroatoms. The van der Waals surface area contributed by atoms with Crippen LogP contribution < -0.4 is 5.32 Å². The van der Waals surface area contributed by atoms with Gasteiger partial charge in [0.15, 0.2) is 0 Å². The number of H-pyrrole nitrogens is 1. The molecule has 0 bridgehead atoms. The van der Waals surface area contributed by atoms with Crippen molar-refractivity contribution >= 4 is 22.7 Å². The average molecular weight is 461 g/mol. The number of piperidine rings is 1. The average Bonchev–Trinajstić information content (AvgIpc) is 3.51. The van der Waals surface area contributed by atoms with E-state index in [0.717, 1.165) is 55.4 Å².